The van der Waals surface area contributed by atoms with Crippen molar-refractivity contribution in [2.75, 3.05) is 12.4 Å². The van der Waals surface area contributed by atoms with Crippen molar-refractivity contribution >= 4 is 18.0 Å². The minimum absolute atomic E-state index is 0.184. The zero-order valence-electron chi connectivity index (χ0n) is 15.6. The molecule has 152 valence electrons. The lowest BCUT2D eigenvalue weighted by atomic mass is 9.90. The van der Waals surface area contributed by atoms with Crippen molar-refractivity contribution in [3.63, 3.8) is 0 Å². The van der Waals surface area contributed by atoms with Crippen LogP contribution in [0.15, 0.2) is 24.3 Å². The van der Waals surface area contributed by atoms with Crippen LogP contribution in [-0.4, -0.2) is 19.4 Å². The second-order valence-corrected chi connectivity index (χ2v) is 5.31. The van der Waals surface area contributed by atoms with E-state index in [0.29, 0.717) is 12.1 Å². The van der Waals surface area contributed by atoms with Crippen LogP contribution in [-0.2, 0) is 11.0 Å². The van der Waals surface area contributed by atoms with Gasteiger partial charge in [-0.3, -0.25) is 9.59 Å². The van der Waals surface area contributed by atoms with Gasteiger partial charge in [-0.15, -0.1) is 0 Å². The first-order chi connectivity index (χ1) is 13.1. The Hall–Kier alpha value is -2.97. The molecule has 2 aromatic rings. The summed E-state index contributed by atoms with van der Waals surface area (Å²) in [5.41, 5.74) is -3.20. The van der Waals surface area contributed by atoms with Crippen molar-refractivity contribution < 1.29 is 31.5 Å². The summed E-state index contributed by atoms with van der Waals surface area (Å²) in [6, 6.07) is 2.66. The third kappa shape index (κ3) is 4.65. The van der Waals surface area contributed by atoms with Crippen LogP contribution in [0.25, 0.3) is 11.1 Å². The minimum Gasteiger partial charge on any atom is -0.355 e. The summed E-state index contributed by atoms with van der Waals surface area (Å²) in [5, 5.41) is 4.35. The predicted molar refractivity (Wildman–Crippen MR) is 96.0 cm³/mol. The largest absolute Gasteiger partial charge is 0.417 e. The van der Waals surface area contributed by atoms with Gasteiger partial charge in [0.15, 0.2) is 0 Å². The SMILES string of the molecule is CC.CNC(=O)c1cc(C(F)(F)F)c(-c2ccc(F)cc2F)c(C)c1NC=O. The van der Waals surface area contributed by atoms with Gasteiger partial charge in [-0.05, 0) is 30.7 Å². The van der Waals surface area contributed by atoms with Gasteiger partial charge in [-0.1, -0.05) is 13.8 Å². The molecule has 0 fully saturated rings. The van der Waals surface area contributed by atoms with Crippen LogP contribution in [0.3, 0.4) is 0 Å². The third-order valence-electron chi connectivity index (χ3n) is 3.76. The first-order valence-corrected chi connectivity index (χ1v) is 8.24. The van der Waals surface area contributed by atoms with Crippen molar-refractivity contribution in [1.82, 2.24) is 5.32 Å². The Labute approximate surface area is 158 Å². The van der Waals surface area contributed by atoms with E-state index in [1.54, 1.807) is 0 Å². The van der Waals surface area contributed by atoms with Crippen LogP contribution in [0.2, 0.25) is 0 Å². The number of rotatable bonds is 4. The number of carbonyl (C=O) groups excluding carboxylic acids is 2. The van der Waals surface area contributed by atoms with Gasteiger partial charge < -0.3 is 10.6 Å². The molecule has 2 N–H and O–H groups in total. The quantitative estimate of drug-likeness (QED) is 0.564. The van der Waals surface area contributed by atoms with Gasteiger partial charge in [0.25, 0.3) is 5.91 Å². The maximum absolute atomic E-state index is 14.2. The fourth-order valence-corrected chi connectivity index (χ4v) is 2.64. The van der Waals surface area contributed by atoms with E-state index >= 15 is 0 Å². The summed E-state index contributed by atoms with van der Waals surface area (Å²) < 4.78 is 68.0. The zero-order valence-corrected chi connectivity index (χ0v) is 15.6. The Kier molecular flexibility index (Phi) is 7.66. The number of anilines is 1. The van der Waals surface area contributed by atoms with Gasteiger partial charge in [0.2, 0.25) is 6.41 Å². The highest BCUT2D eigenvalue weighted by molar-refractivity contribution is 6.04. The molecule has 0 saturated heterocycles. The molecule has 9 heteroatoms. The van der Waals surface area contributed by atoms with Crippen LogP contribution >= 0.6 is 0 Å². The van der Waals surface area contributed by atoms with E-state index in [1.165, 1.54) is 14.0 Å². The summed E-state index contributed by atoms with van der Waals surface area (Å²) in [4.78, 5) is 22.8. The average molecular weight is 402 g/mol. The van der Waals surface area contributed by atoms with Crippen LogP contribution in [0, 0.1) is 18.6 Å². The monoisotopic (exact) mass is 402 g/mol. The topological polar surface area (TPSA) is 58.2 Å². The van der Waals surface area contributed by atoms with E-state index in [4.69, 9.17) is 0 Å². The number of hydrogen-bond acceptors (Lipinski definition) is 2. The lowest BCUT2D eigenvalue weighted by molar-refractivity contribution is -0.137. The molecule has 2 rings (SSSR count). The molecule has 0 aliphatic heterocycles. The summed E-state index contributed by atoms with van der Waals surface area (Å²) >= 11 is 0. The summed E-state index contributed by atoms with van der Waals surface area (Å²) in [7, 11) is 1.21. The first kappa shape index (κ1) is 23.1. The van der Waals surface area contributed by atoms with Crippen LogP contribution < -0.4 is 10.6 Å². The molecule has 0 aromatic heterocycles. The predicted octanol–water partition coefficient (Wildman–Crippen LogP) is 4.91. The summed E-state index contributed by atoms with van der Waals surface area (Å²) in [5.74, 6) is -3.02. The van der Waals surface area contributed by atoms with E-state index in [1.807, 2.05) is 13.8 Å². The molecule has 0 bridgehead atoms. The third-order valence-corrected chi connectivity index (χ3v) is 3.76. The molecule has 0 saturated carbocycles. The van der Waals surface area contributed by atoms with Gasteiger partial charge in [-0.2, -0.15) is 13.2 Å². The first-order valence-electron chi connectivity index (χ1n) is 8.24. The van der Waals surface area contributed by atoms with Crippen molar-refractivity contribution in [1.29, 1.82) is 0 Å². The van der Waals surface area contributed by atoms with Gasteiger partial charge in [0.05, 0.1) is 16.8 Å². The van der Waals surface area contributed by atoms with Gasteiger partial charge >= 0.3 is 6.18 Å². The Balaban J connectivity index is 0.00000190. The van der Waals surface area contributed by atoms with Crippen LogP contribution in [0.5, 0.6) is 0 Å². The van der Waals surface area contributed by atoms with Crippen LogP contribution in [0.1, 0.15) is 35.3 Å². The van der Waals surface area contributed by atoms with E-state index in [9.17, 15) is 31.5 Å². The van der Waals surface area contributed by atoms with Crippen molar-refractivity contribution in [3.8, 4) is 11.1 Å². The van der Waals surface area contributed by atoms with E-state index < -0.39 is 46.0 Å². The molecule has 0 radical (unpaired) electrons. The Morgan fingerprint density at radius 2 is 1.71 bits per heavy atom. The molecule has 4 nitrogen and oxygen atoms in total. The van der Waals surface area contributed by atoms with Gasteiger partial charge in [-0.25, -0.2) is 8.78 Å². The molecule has 0 atom stereocenters. The molecule has 2 aromatic carbocycles. The van der Waals surface area contributed by atoms with Crippen molar-refractivity contribution in [2.24, 2.45) is 0 Å². The number of alkyl halides is 3. The van der Waals surface area contributed by atoms with E-state index in [2.05, 4.69) is 10.6 Å². The maximum Gasteiger partial charge on any atom is 0.417 e. The summed E-state index contributed by atoms with van der Waals surface area (Å²) in [6.07, 6.45) is -4.74. The highest BCUT2D eigenvalue weighted by Crippen LogP contribution is 2.43. The Morgan fingerprint density at radius 3 is 2.18 bits per heavy atom. The molecule has 28 heavy (non-hydrogen) atoms. The normalized spacial score (nSPS) is 10.6. The molecular weight excluding hydrogens is 383 g/mol. The van der Waals surface area contributed by atoms with Crippen molar-refractivity contribution in [3.05, 3.63) is 52.6 Å². The highest BCUT2D eigenvalue weighted by atomic mass is 19.4. The minimum atomic E-state index is -4.93. The second kappa shape index (κ2) is 9.29. The Morgan fingerprint density at radius 1 is 1.11 bits per heavy atom. The Bertz CT molecular complexity index is 880. The lowest BCUT2D eigenvalue weighted by Crippen LogP contribution is -2.22. The molecular formula is C19H19F5N2O2. The highest BCUT2D eigenvalue weighted by Gasteiger charge is 2.37. The number of benzene rings is 2. The maximum atomic E-state index is 14.2. The fraction of sp³-hybridized carbons (Fsp3) is 0.263. The molecule has 0 aliphatic carbocycles. The van der Waals surface area contributed by atoms with E-state index in [0.717, 1.165) is 12.1 Å². The molecule has 0 spiro atoms. The average Bonchev–Trinajstić information content (AvgIpc) is 2.64. The molecule has 2 amide bonds. The smallest absolute Gasteiger partial charge is 0.355 e. The number of halogens is 5. The zero-order chi connectivity index (χ0) is 21.6. The second-order valence-electron chi connectivity index (χ2n) is 5.31. The molecule has 0 unspecified atom stereocenters. The lowest BCUT2D eigenvalue weighted by Gasteiger charge is -2.21. The van der Waals surface area contributed by atoms with Crippen molar-refractivity contribution in [2.45, 2.75) is 26.9 Å². The fourth-order valence-electron chi connectivity index (χ4n) is 2.64. The number of carbonyl (C=O) groups is 2. The standard InChI is InChI=1S/C17H13F5N2O2.C2H6/c1-8-14(10-4-3-9(18)5-13(10)19)12(17(20,21)22)6-11(16(26)23-2)15(8)24-7-25;1-2/h3-7H,1-2H3,(H,23,26)(H,24,25);1-2H3. The van der Waals surface area contributed by atoms with Gasteiger partial charge in [0, 0.05) is 24.2 Å². The van der Waals surface area contributed by atoms with Crippen LogP contribution in [0.4, 0.5) is 27.6 Å². The summed E-state index contributed by atoms with van der Waals surface area (Å²) in [6.45, 7) is 5.20. The number of amides is 2. The van der Waals surface area contributed by atoms with E-state index in [-0.39, 0.29) is 17.7 Å². The number of nitrogens with one attached hydrogen (secondary N) is 2. The molecule has 0 heterocycles. The molecule has 0 aliphatic rings. The van der Waals surface area contributed by atoms with Gasteiger partial charge in [0.1, 0.15) is 11.6 Å². The number of hydrogen-bond donors (Lipinski definition) is 2.